The van der Waals surface area contributed by atoms with Gasteiger partial charge in [0.15, 0.2) is 0 Å². The van der Waals surface area contributed by atoms with Crippen molar-refractivity contribution in [3.05, 3.63) is 58.1 Å². The second-order valence-electron chi connectivity index (χ2n) is 4.90. The van der Waals surface area contributed by atoms with E-state index in [2.05, 4.69) is 30.7 Å². The van der Waals surface area contributed by atoms with Gasteiger partial charge in [0, 0.05) is 22.8 Å². The highest BCUT2D eigenvalue weighted by molar-refractivity contribution is 9.10. The molecule has 0 heterocycles. The molecule has 7 nitrogen and oxygen atoms in total. The molecule has 2 N–H and O–H groups in total. The van der Waals surface area contributed by atoms with Crippen LogP contribution in [0.4, 0.5) is 5.69 Å². The molecule has 0 unspecified atom stereocenters. The zero-order chi connectivity index (χ0) is 18.6. The van der Waals surface area contributed by atoms with Gasteiger partial charge in [-0.3, -0.25) is 9.52 Å². The van der Waals surface area contributed by atoms with Gasteiger partial charge in [0.2, 0.25) is 0 Å². The fraction of sp³-hybridized carbons (Fsp3) is 0.125. The number of halogens is 1. The summed E-state index contributed by atoms with van der Waals surface area (Å²) in [4.78, 5) is 23.3. The van der Waals surface area contributed by atoms with Gasteiger partial charge in [0.05, 0.1) is 12.7 Å². The van der Waals surface area contributed by atoms with Crippen LogP contribution >= 0.6 is 15.9 Å². The molecule has 2 aromatic rings. The summed E-state index contributed by atoms with van der Waals surface area (Å²) in [5, 5.41) is 2.46. The predicted molar refractivity (Wildman–Crippen MR) is 96.1 cm³/mol. The van der Waals surface area contributed by atoms with Crippen LogP contribution in [0.25, 0.3) is 0 Å². The fourth-order valence-corrected chi connectivity index (χ4v) is 3.67. The molecule has 0 atom stereocenters. The first kappa shape index (κ1) is 18.9. The highest BCUT2D eigenvalue weighted by Gasteiger charge is 2.23. The molecule has 25 heavy (non-hydrogen) atoms. The lowest BCUT2D eigenvalue weighted by Crippen LogP contribution is -2.19. The summed E-state index contributed by atoms with van der Waals surface area (Å²) in [6, 6.07) is 10.2. The maximum absolute atomic E-state index is 12.7. The highest BCUT2D eigenvalue weighted by Crippen LogP contribution is 2.24. The lowest BCUT2D eigenvalue weighted by atomic mass is 10.2. The molecule has 2 aromatic carbocycles. The first-order valence-electron chi connectivity index (χ1n) is 7.01. The fourth-order valence-electron chi connectivity index (χ4n) is 2.08. The van der Waals surface area contributed by atoms with Gasteiger partial charge in [-0.2, -0.15) is 0 Å². The number of ether oxygens (including phenoxy) is 1. The number of nitrogens with one attached hydrogen (secondary N) is 2. The minimum atomic E-state index is -4.07. The molecule has 0 fully saturated rings. The maximum atomic E-state index is 12.7. The Morgan fingerprint density at radius 1 is 1.12 bits per heavy atom. The molecule has 0 aliphatic heterocycles. The van der Waals surface area contributed by atoms with Crippen molar-refractivity contribution < 1.29 is 22.7 Å². The lowest BCUT2D eigenvalue weighted by molar-refractivity contribution is 0.0596. The second kappa shape index (κ2) is 7.66. The molecule has 0 radical (unpaired) electrons. The van der Waals surface area contributed by atoms with Crippen molar-refractivity contribution in [3.8, 4) is 0 Å². The number of benzene rings is 2. The van der Waals surface area contributed by atoms with Crippen LogP contribution in [0.1, 0.15) is 20.7 Å². The smallest absolute Gasteiger partial charge is 0.339 e. The molecule has 0 saturated heterocycles. The van der Waals surface area contributed by atoms with Gasteiger partial charge in [0.1, 0.15) is 4.90 Å². The van der Waals surface area contributed by atoms with Gasteiger partial charge < -0.3 is 10.1 Å². The van der Waals surface area contributed by atoms with Crippen molar-refractivity contribution in [1.29, 1.82) is 0 Å². The molecule has 0 bridgehead atoms. The lowest BCUT2D eigenvalue weighted by Gasteiger charge is -2.12. The monoisotopic (exact) mass is 426 g/mol. The van der Waals surface area contributed by atoms with Gasteiger partial charge in [-0.1, -0.05) is 22.0 Å². The summed E-state index contributed by atoms with van der Waals surface area (Å²) in [6.07, 6.45) is 0. The Labute approximate surface area is 153 Å². The molecule has 2 rings (SSSR count). The van der Waals surface area contributed by atoms with E-state index in [1.165, 1.54) is 44.5 Å². The number of hydrogen-bond acceptors (Lipinski definition) is 5. The second-order valence-corrected chi connectivity index (χ2v) is 7.46. The summed E-state index contributed by atoms with van der Waals surface area (Å²) >= 11 is 3.19. The van der Waals surface area contributed by atoms with Crippen LogP contribution in [0.15, 0.2) is 51.8 Å². The summed E-state index contributed by atoms with van der Waals surface area (Å²) in [7, 11) is -1.43. The number of amides is 1. The van der Waals surface area contributed by atoms with Gasteiger partial charge in [-0.05, 0) is 36.4 Å². The Morgan fingerprint density at radius 2 is 1.84 bits per heavy atom. The van der Waals surface area contributed by atoms with Crippen LogP contribution in [0.3, 0.4) is 0 Å². The standard InChI is InChI=1S/C16H15BrN2O5S/c1-18-15(20)10-4-3-5-12(8-10)19-25(22,23)14-7-6-11(17)9-13(14)16(21)24-2/h3-9,19H,1-2H3,(H,18,20). The zero-order valence-corrected chi connectivity index (χ0v) is 15.8. The van der Waals surface area contributed by atoms with Crippen molar-refractivity contribution in [2.24, 2.45) is 0 Å². The summed E-state index contributed by atoms with van der Waals surface area (Å²) in [5.74, 6) is -1.12. The van der Waals surface area contributed by atoms with Gasteiger partial charge in [-0.15, -0.1) is 0 Å². The SMILES string of the molecule is CNC(=O)c1cccc(NS(=O)(=O)c2ccc(Br)cc2C(=O)OC)c1. The Balaban J connectivity index is 2.44. The number of hydrogen-bond donors (Lipinski definition) is 2. The molecular weight excluding hydrogens is 412 g/mol. The van der Waals surface area contributed by atoms with Crippen LogP contribution in [0.5, 0.6) is 0 Å². The molecule has 0 aromatic heterocycles. The number of sulfonamides is 1. The summed E-state index contributed by atoms with van der Waals surface area (Å²) in [6.45, 7) is 0. The van der Waals surface area contributed by atoms with Crippen molar-refractivity contribution in [1.82, 2.24) is 5.32 Å². The third kappa shape index (κ3) is 4.37. The molecule has 0 aliphatic rings. The van der Waals surface area contributed by atoms with Crippen LogP contribution < -0.4 is 10.0 Å². The highest BCUT2D eigenvalue weighted by atomic mass is 79.9. The average molecular weight is 427 g/mol. The van der Waals surface area contributed by atoms with Crippen molar-refractivity contribution >= 4 is 43.5 Å². The van der Waals surface area contributed by atoms with Crippen LogP contribution in [-0.2, 0) is 14.8 Å². The molecule has 0 spiro atoms. The molecule has 1 amide bonds. The topological polar surface area (TPSA) is 102 Å². The van der Waals surface area contributed by atoms with E-state index in [4.69, 9.17) is 0 Å². The molecule has 0 aliphatic carbocycles. The number of methoxy groups -OCH3 is 1. The van der Waals surface area contributed by atoms with Crippen LogP contribution in [0, 0.1) is 0 Å². The number of anilines is 1. The van der Waals surface area contributed by atoms with E-state index in [9.17, 15) is 18.0 Å². The van der Waals surface area contributed by atoms with Crippen LogP contribution in [-0.4, -0.2) is 34.5 Å². The Hall–Kier alpha value is -2.39. The Morgan fingerprint density at radius 3 is 2.48 bits per heavy atom. The first-order chi connectivity index (χ1) is 11.8. The summed E-state index contributed by atoms with van der Waals surface area (Å²) in [5.41, 5.74) is 0.387. The van der Waals surface area contributed by atoms with Gasteiger partial charge >= 0.3 is 5.97 Å². The third-order valence-electron chi connectivity index (χ3n) is 3.24. The zero-order valence-electron chi connectivity index (χ0n) is 13.4. The largest absolute Gasteiger partial charge is 0.465 e. The van der Waals surface area contributed by atoms with E-state index in [0.717, 1.165) is 0 Å². The first-order valence-corrected chi connectivity index (χ1v) is 9.29. The molecule has 0 saturated carbocycles. The van der Waals surface area contributed by atoms with E-state index in [1.54, 1.807) is 12.1 Å². The van der Waals surface area contributed by atoms with Crippen molar-refractivity contribution in [2.75, 3.05) is 18.9 Å². The van der Waals surface area contributed by atoms with Crippen LogP contribution in [0.2, 0.25) is 0 Å². The van der Waals surface area contributed by atoms with E-state index in [1.807, 2.05) is 0 Å². The molecule has 132 valence electrons. The number of carbonyl (C=O) groups is 2. The van der Waals surface area contributed by atoms with Gasteiger partial charge in [0.25, 0.3) is 15.9 Å². The average Bonchev–Trinajstić information content (AvgIpc) is 2.59. The maximum Gasteiger partial charge on any atom is 0.339 e. The van der Waals surface area contributed by atoms with E-state index in [0.29, 0.717) is 10.0 Å². The number of carbonyl (C=O) groups excluding carboxylic acids is 2. The third-order valence-corrected chi connectivity index (χ3v) is 5.17. The van der Waals surface area contributed by atoms with Crippen molar-refractivity contribution in [3.63, 3.8) is 0 Å². The Kier molecular flexibility index (Phi) is 5.81. The Bertz CT molecular complexity index is 928. The van der Waals surface area contributed by atoms with Gasteiger partial charge in [-0.25, -0.2) is 13.2 Å². The van der Waals surface area contributed by atoms with E-state index in [-0.39, 0.29) is 22.1 Å². The van der Waals surface area contributed by atoms with E-state index >= 15 is 0 Å². The minimum Gasteiger partial charge on any atom is -0.465 e. The number of esters is 1. The minimum absolute atomic E-state index is 0.105. The molecular formula is C16H15BrN2O5S. The normalized spacial score (nSPS) is 10.8. The number of rotatable bonds is 5. The quantitative estimate of drug-likeness (QED) is 0.714. The molecule has 9 heteroatoms. The summed E-state index contributed by atoms with van der Waals surface area (Å²) < 4.78 is 32.9. The van der Waals surface area contributed by atoms with Crippen molar-refractivity contribution in [2.45, 2.75) is 4.90 Å². The van der Waals surface area contributed by atoms with E-state index < -0.39 is 16.0 Å². The predicted octanol–water partition coefficient (Wildman–Crippen LogP) is 2.40.